The molecule has 3 rings (SSSR count). The number of carbonyl (C=O) groups is 1. The molecule has 5 nitrogen and oxygen atoms in total. The van der Waals surface area contributed by atoms with E-state index in [1.165, 1.54) is 0 Å². The smallest absolute Gasteiger partial charge is 0.274 e. The van der Waals surface area contributed by atoms with Gasteiger partial charge < -0.3 is 9.73 Å². The second kappa shape index (κ2) is 4.53. The van der Waals surface area contributed by atoms with Crippen LogP contribution in [0, 0.1) is 6.92 Å². The summed E-state index contributed by atoms with van der Waals surface area (Å²) in [7, 11) is 0. The standard InChI is InChI=1S/C14H11N3O2/c1-9-16-11-6-5-10(8-13(11)19-9)17-14(18)12-4-2-3-7-15-12/h2-8H,1H3,(H,17,18). The van der Waals surface area contributed by atoms with E-state index in [-0.39, 0.29) is 5.91 Å². The SMILES string of the molecule is Cc1nc2ccc(NC(=O)c3ccccn3)cc2o1. The normalized spacial score (nSPS) is 10.6. The van der Waals surface area contributed by atoms with E-state index in [0.717, 1.165) is 5.52 Å². The van der Waals surface area contributed by atoms with Crippen LogP contribution in [0.25, 0.3) is 11.1 Å². The van der Waals surface area contributed by atoms with E-state index in [2.05, 4.69) is 15.3 Å². The van der Waals surface area contributed by atoms with Gasteiger partial charge in [-0.1, -0.05) is 6.07 Å². The molecule has 0 aliphatic rings. The number of benzene rings is 1. The lowest BCUT2D eigenvalue weighted by molar-refractivity contribution is 0.102. The number of pyridine rings is 1. The second-order valence-corrected chi connectivity index (χ2v) is 4.08. The zero-order valence-corrected chi connectivity index (χ0v) is 10.3. The van der Waals surface area contributed by atoms with Crippen molar-refractivity contribution < 1.29 is 9.21 Å². The Labute approximate surface area is 109 Å². The first kappa shape index (κ1) is 11.4. The Morgan fingerprint density at radius 2 is 2.16 bits per heavy atom. The van der Waals surface area contributed by atoms with Gasteiger partial charge in [0.25, 0.3) is 5.91 Å². The monoisotopic (exact) mass is 253 g/mol. The van der Waals surface area contributed by atoms with E-state index in [1.807, 2.05) is 0 Å². The Hall–Kier alpha value is -2.69. The Bertz CT molecular complexity index is 735. The zero-order chi connectivity index (χ0) is 13.2. The van der Waals surface area contributed by atoms with Crippen molar-refractivity contribution in [2.75, 3.05) is 5.32 Å². The Kier molecular flexibility index (Phi) is 2.72. The lowest BCUT2D eigenvalue weighted by Crippen LogP contribution is -2.13. The third kappa shape index (κ3) is 2.30. The summed E-state index contributed by atoms with van der Waals surface area (Å²) in [6.07, 6.45) is 1.58. The van der Waals surface area contributed by atoms with Gasteiger partial charge in [-0.15, -0.1) is 0 Å². The molecular formula is C14H11N3O2. The quantitative estimate of drug-likeness (QED) is 0.762. The van der Waals surface area contributed by atoms with E-state index in [9.17, 15) is 4.79 Å². The lowest BCUT2D eigenvalue weighted by Gasteiger charge is -2.03. The van der Waals surface area contributed by atoms with Gasteiger partial charge >= 0.3 is 0 Å². The lowest BCUT2D eigenvalue weighted by atomic mass is 10.2. The molecule has 0 unspecified atom stereocenters. The van der Waals surface area contributed by atoms with Crippen LogP contribution in [-0.4, -0.2) is 15.9 Å². The highest BCUT2D eigenvalue weighted by Crippen LogP contribution is 2.20. The second-order valence-electron chi connectivity index (χ2n) is 4.08. The van der Waals surface area contributed by atoms with Gasteiger partial charge in [0, 0.05) is 24.9 Å². The summed E-state index contributed by atoms with van der Waals surface area (Å²) in [6, 6.07) is 10.5. The molecule has 0 aliphatic carbocycles. The van der Waals surface area contributed by atoms with E-state index in [1.54, 1.807) is 49.5 Å². The van der Waals surface area contributed by atoms with Crippen LogP contribution in [0.4, 0.5) is 5.69 Å². The minimum absolute atomic E-state index is 0.254. The molecule has 0 aliphatic heterocycles. The summed E-state index contributed by atoms with van der Waals surface area (Å²) in [5.41, 5.74) is 2.44. The number of fused-ring (bicyclic) bond motifs is 1. The molecular weight excluding hydrogens is 242 g/mol. The number of hydrogen-bond donors (Lipinski definition) is 1. The van der Waals surface area contributed by atoms with Gasteiger partial charge in [-0.3, -0.25) is 9.78 Å². The highest BCUT2D eigenvalue weighted by atomic mass is 16.3. The average Bonchev–Trinajstić information content (AvgIpc) is 2.79. The van der Waals surface area contributed by atoms with Crippen molar-refractivity contribution in [1.82, 2.24) is 9.97 Å². The van der Waals surface area contributed by atoms with Crippen molar-refractivity contribution in [3.05, 3.63) is 54.2 Å². The number of carbonyl (C=O) groups excluding carboxylic acids is 1. The third-order valence-corrected chi connectivity index (χ3v) is 2.65. The van der Waals surface area contributed by atoms with Gasteiger partial charge in [0.1, 0.15) is 11.2 Å². The van der Waals surface area contributed by atoms with Crippen LogP contribution in [0.2, 0.25) is 0 Å². The highest BCUT2D eigenvalue weighted by molar-refractivity contribution is 6.03. The van der Waals surface area contributed by atoms with Gasteiger partial charge in [0.15, 0.2) is 11.5 Å². The van der Waals surface area contributed by atoms with Crippen molar-refractivity contribution in [2.45, 2.75) is 6.92 Å². The van der Waals surface area contributed by atoms with Gasteiger partial charge in [-0.2, -0.15) is 0 Å². The molecule has 0 fully saturated rings. The predicted octanol–water partition coefficient (Wildman–Crippen LogP) is 2.78. The third-order valence-electron chi connectivity index (χ3n) is 2.65. The number of rotatable bonds is 2. The predicted molar refractivity (Wildman–Crippen MR) is 70.9 cm³/mol. The van der Waals surface area contributed by atoms with Crippen LogP contribution in [0.1, 0.15) is 16.4 Å². The van der Waals surface area contributed by atoms with Crippen LogP contribution in [-0.2, 0) is 0 Å². The molecule has 3 aromatic rings. The number of oxazole rings is 1. The maximum absolute atomic E-state index is 11.9. The maximum Gasteiger partial charge on any atom is 0.274 e. The van der Waals surface area contributed by atoms with Crippen LogP contribution >= 0.6 is 0 Å². The molecule has 19 heavy (non-hydrogen) atoms. The molecule has 1 N–H and O–H groups in total. The van der Waals surface area contributed by atoms with Crippen LogP contribution in [0.15, 0.2) is 47.0 Å². The summed E-state index contributed by atoms with van der Waals surface area (Å²) >= 11 is 0. The molecule has 0 saturated heterocycles. The van der Waals surface area contributed by atoms with Crippen molar-refractivity contribution in [1.29, 1.82) is 0 Å². The number of amides is 1. The van der Waals surface area contributed by atoms with Crippen molar-refractivity contribution in [2.24, 2.45) is 0 Å². The largest absolute Gasteiger partial charge is 0.441 e. The van der Waals surface area contributed by atoms with Crippen molar-refractivity contribution in [3.8, 4) is 0 Å². The fraction of sp³-hybridized carbons (Fsp3) is 0.0714. The number of anilines is 1. The first-order valence-corrected chi connectivity index (χ1v) is 5.82. The molecule has 1 amide bonds. The van der Waals surface area contributed by atoms with Gasteiger partial charge in [-0.05, 0) is 24.3 Å². The van der Waals surface area contributed by atoms with E-state index in [0.29, 0.717) is 22.9 Å². The molecule has 5 heteroatoms. The Morgan fingerprint density at radius 1 is 1.26 bits per heavy atom. The fourth-order valence-electron chi connectivity index (χ4n) is 1.81. The maximum atomic E-state index is 11.9. The number of nitrogens with one attached hydrogen (secondary N) is 1. The first-order valence-electron chi connectivity index (χ1n) is 5.82. The van der Waals surface area contributed by atoms with E-state index < -0.39 is 0 Å². The highest BCUT2D eigenvalue weighted by Gasteiger charge is 2.08. The van der Waals surface area contributed by atoms with Crippen LogP contribution in [0.3, 0.4) is 0 Å². The number of hydrogen-bond acceptors (Lipinski definition) is 4. The minimum atomic E-state index is -0.254. The van der Waals surface area contributed by atoms with Gasteiger partial charge in [0.05, 0.1) is 0 Å². The zero-order valence-electron chi connectivity index (χ0n) is 10.3. The first-order chi connectivity index (χ1) is 9.22. The molecule has 0 radical (unpaired) electrons. The molecule has 2 aromatic heterocycles. The van der Waals surface area contributed by atoms with Crippen molar-refractivity contribution >= 4 is 22.7 Å². The molecule has 94 valence electrons. The van der Waals surface area contributed by atoms with Gasteiger partial charge in [0.2, 0.25) is 0 Å². The molecule has 0 bridgehead atoms. The molecule has 1 aromatic carbocycles. The van der Waals surface area contributed by atoms with E-state index in [4.69, 9.17) is 4.42 Å². The van der Waals surface area contributed by atoms with Gasteiger partial charge in [-0.25, -0.2) is 4.98 Å². The average molecular weight is 253 g/mol. The number of aryl methyl sites for hydroxylation is 1. The molecule has 0 atom stereocenters. The van der Waals surface area contributed by atoms with Crippen molar-refractivity contribution in [3.63, 3.8) is 0 Å². The summed E-state index contributed by atoms with van der Waals surface area (Å²) in [4.78, 5) is 20.1. The summed E-state index contributed by atoms with van der Waals surface area (Å²) in [5.74, 6) is 0.347. The van der Waals surface area contributed by atoms with E-state index >= 15 is 0 Å². The fourth-order valence-corrected chi connectivity index (χ4v) is 1.81. The summed E-state index contributed by atoms with van der Waals surface area (Å²) < 4.78 is 5.42. The van der Waals surface area contributed by atoms with Crippen LogP contribution < -0.4 is 5.32 Å². The topological polar surface area (TPSA) is 68.0 Å². The summed E-state index contributed by atoms with van der Waals surface area (Å²) in [5, 5.41) is 2.77. The minimum Gasteiger partial charge on any atom is -0.441 e. The Balaban J connectivity index is 1.87. The summed E-state index contributed by atoms with van der Waals surface area (Å²) in [6.45, 7) is 1.78. The Morgan fingerprint density at radius 3 is 2.95 bits per heavy atom. The molecule has 0 spiro atoms. The number of aromatic nitrogens is 2. The van der Waals surface area contributed by atoms with Crippen LogP contribution in [0.5, 0.6) is 0 Å². The molecule has 2 heterocycles. The number of nitrogens with zero attached hydrogens (tertiary/aromatic N) is 2. The molecule has 0 saturated carbocycles.